The largest absolute Gasteiger partial charge is 0.148 e. The second-order valence-corrected chi connectivity index (χ2v) is 4.41. The van der Waals surface area contributed by atoms with E-state index in [4.69, 9.17) is 0 Å². The van der Waals surface area contributed by atoms with Crippen LogP contribution in [0.4, 0.5) is 0 Å². The van der Waals surface area contributed by atoms with Gasteiger partial charge in [-0.25, -0.2) is 0 Å². The van der Waals surface area contributed by atoms with Gasteiger partial charge in [-0.15, -0.1) is 11.3 Å². The van der Waals surface area contributed by atoms with Gasteiger partial charge in [-0.05, 0) is 35.8 Å². The Balaban J connectivity index is 2.49. The fourth-order valence-corrected chi connectivity index (χ4v) is 2.08. The summed E-state index contributed by atoms with van der Waals surface area (Å²) in [5.74, 6) is 1.48. The van der Waals surface area contributed by atoms with Crippen molar-refractivity contribution in [1.82, 2.24) is 0 Å². The second-order valence-electron chi connectivity index (χ2n) is 3.46. The molecule has 0 spiro atoms. The molecule has 0 aliphatic heterocycles. The number of hydrogen-bond donors (Lipinski definition) is 0. The van der Waals surface area contributed by atoms with E-state index >= 15 is 0 Å². The summed E-state index contributed by atoms with van der Waals surface area (Å²) < 4.78 is 0. The van der Waals surface area contributed by atoms with Crippen molar-refractivity contribution in [3.63, 3.8) is 0 Å². The molecule has 0 aromatic carbocycles. The van der Waals surface area contributed by atoms with Gasteiger partial charge in [0.25, 0.3) is 0 Å². The molecular weight excluding hydrogens is 152 g/mol. The van der Waals surface area contributed by atoms with Gasteiger partial charge in [0.2, 0.25) is 0 Å². The minimum absolute atomic E-state index is 0.690. The van der Waals surface area contributed by atoms with E-state index in [1.54, 1.807) is 0 Å². The molecule has 1 atom stereocenters. The molecule has 61 valence electrons. The highest BCUT2D eigenvalue weighted by atomic mass is 32.1. The standard InChI is InChI=1S/C10H15S/c1-8(2)7-9(3)10-5-4-6-11-10/h4,6,8-9H,7H2,1-3H3. The first-order valence-electron chi connectivity index (χ1n) is 4.15. The fourth-order valence-electron chi connectivity index (χ4n) is 1.33. The highest BCUT2D eigenvalue weighted by Crippen LogP contribution is 2.25. The Kier molecular flexibility index (Phi) is 3.13. The van der Waals surface area contributed by atoms with Crippen molar-refractivity contribution in [2.24, 2.45) is 5.92 Å². The molecule has 0 N–H and O–H groups in total. The van der Waals surface area contributed by atoms with E-state index in [1.165, 1.54) is 11.3 Å². The first-order chi connectivity index (χ1) is 5.20. The molecule has 1 rings (SSSR count). The van der Waals surface area contributed by atoms with Crippen molar-refractivity contribution in [1.29, 1.82) is 0 Å². The summed E-state index contributed by atoms with van der Waals surface area (Å²) in [6, 6.07) is 5.27. The van der Waals surface area contributed by atoms with Gasteiger partial charge in [0.1, 0.15) is 0 Å². The van der Waals surface area contributed by atoms with Gasteiger partial charge in [0.05, 0.1) is 0 Å². The lowest BCUT2D eigenvalue weighted by Gasteiger charge is -2.10. The molecule has 1 aromatic heterocycles. The topological polar surface area (TPSA) is 0 Å². The maximum Gasteiger partial charge on any atom is 0.0152 e. The number of thiophene rings is 1. The maximum atomic E-state index is 3.26. The quantitative estimate of drug-likeness (QED) is 0.644. The summed E-state index contributed by atoms with van der Waals surface area (Å²) in [7, 11) is 0. The molecule has 11 heavy (non-hydrogen) atoms. The average Bonchev–Trinajstić information content (AvgIpc) is 2.35. The van der Waals surface area contributed by atoms with Crippen molar-refractivity contribution in [3.05, 3.63) is 22.4 Å². The summed E-state index contributed by atoms with van der Waals surface area (Å²) in [5.41, 5.74) is 0. The summed E-state index contributed by atoms with van der Waals surface area (Å²) in [4.78, 5) is 1.40. The molecular formula is C10H15S. The fraction of sp³-hybridized carbons (Fsp3) is 0.600. The van der Waals surface area contributed by atoms with Crippen LogP contribution in [-0.4, -0.2) is 0 Å². The first-order valence-corrected chi connectivity index (χ1v) is 5.03. The molecule has 1 heteroatoms. The monoisotopic (exact) mass is 167 g/mol. The van der Waals surface area contributed by atoms with E-state index in [2.05, 4.69) is 32.2 Å². The average molecular weight is 167 g/mol. The zero-order valence-electron chi connectivity index (χ0n) is 7.42. The van der Waals surface area contributed by atoms with Gasteiger partial charge >= 0.3 is 0 Å². The molecule has 1 radical (unpaired) electrons. The molecule has 0 nitrogen and oxygen atoms in total. The minimum atomic E-state index is 0.690. The number of rotatable bonds is 3. The van der Waals surface area contributed by atoms with Crippen LogP contribution in [-0.2, 0) is 0 Å². The molecule has 0 bridgehead atoms. The Morgan fingerprint density at radius 2 is 2.18 bits per heavy atom. The van der Waals surface area contributed by atoms with Crippen molar-refractivity contribution in [3.8, 4) is 0 Å². The van der Waals surface area contributed by atoms with E-state index in [0.29, 0.717) is 5.92 Å². The third kappa shape index (κ3) is 2.66. The predicted octanol–water partition coefficient (Wildman–Crippen LogP) is 3.70. The number of hydrogen-bond acceptors (Lipinski definition) is 1. The van der Waals surface area contributed by atoms with Crippen molar-refractivity contribution >= 4 is 11.3 Å². The van der Waals surface area contributed by atoms with E-state index < -0.39 is 0 Å². The van der Waals surface area contributed by atoms with Crippen molar-refractivity contribution in [2.75, 3.05) is 0 Å². The van der Waals surface area contributed by atoms with Crippen molar-refractivity contribution < 1.29 is 0 Å². The molecule has 1 heterocycles. The Morgan fingerprint density at radius 1 is 1.45 bits per heavy atom. The van der Waals surface area contributed by atoms with E-state index in [9.17, 15) is 0 Å². The Bertz CT molecular complexity index is 187. The van der Waals surface area contributed by atoms with Gasteiger partial charge in [-0.3, -0.25) is 0 Å². The molecule has 0 amide bonds. The van der Waals surface area contributed by atoms with Crippen LogP contribution in [0, 0.1) is 12.0 Å². The summed E-state index contributed by atoms with van der Waals surface area (Å²) in [5, 5.41) is 2.10. The van der Waals surface area contributed by atoms with Crippen LogP contribution in [0.25, 0.3) is 0 Å². The van der Waals surface area contributed by atoms with Crippen LogP contribution in [0.5, 0.6) is 0 Å². The Morgan fingerprint density at radius 3 is 2.64 bits per heavy atom. The molecule has 0 aliphatic carbocycles. The molecule has 0 saturated carbocycles. The van der Waals surface area contributed by atoms with Crippen LogP contribution < -0.4 is 0 Å². The van der Waals surface area contributed by atoms with Crippen LogP contribution in [0.1, 0.15) is 38.0 Å². The zero-order valence-corrected chi connectivity index (χ0v) is 8.24. The summed E-state index contributed by atoms with van der Waals surface area (Å²) in [6.07, 6.45) is 1.27. The predicted molar refractivity (Wildman–Crippen MR) is 51.0 cm³/mol. The summed E-state index contributed by atoms with van der Waals surface area (Å²) >= 11 is 1.82. The highest BCUT2D eigenvalue weighted by molar-refractivity contribution is 7.09. The molecule has 0 aliphatic rings. The molecule has 0 saturated heterocycles. The minimum Gasteiger partial charge on any atom is -0.148 e. The summed E-state index contributed by atoms with van der Waals surface area (Å²) in [6.45, 7) is 6.82. The van der Waals surface area contributed by atoms with Gasteiger partial charge in [-0.2, -0.15) is 0 Å². The zero-order chi connectivity index (χ0) is 8.27. The van der Waals surface area contributed by atoms with E-state index in [-0.39, 0.29) is 0 Å². The van der Waals surface area contributed by atoms with Crippen LogP contribution in [0.2, 0.25) is 0 Å². The van der Waals surface area contributed by atoms with Crippen molar-refractivity contribution in [2.45, 2.75) is 33.1 Å². The van der Waals surface area contributed by atoms with E-state index in [0.717, 1.165) is 5.92 Å². The molecule has 1 unspecified atom stereocenters. The Labute approximate surface area is 73.3 Å². The lowest BCUT2D eigenvalue weighted by molar-refractivity contribution is 0.528. The lowest BCUT2D eigenvalue weighted by Crippen LogP contribution is -1.96. The SMILES string of the molecule is CC(C)CC(C)c1[c]ccs1. The first kappa shape index (κ1) is 8.79. The van der Waals surface area contributed by atoms with Crippen LogP contribution >= 0.6 is 11.3 Å². The highest BCUT2D eigenvalue weighted by Gasteiger charge is 2.07. The normalized spacial score (nSPS) is 13.8. The molecule has 1 aromatic rings. The van der Waals surface area contributed by atoms with Gasteiger partial charge in [0.15, 0.2) is 0 Å². The lowest BCUT2D eigenvalue weighted by atomic mass is 9.98. The third-order valence-electron chi connectivity index (χ3n) is 1.76. The smallest absolute Gasteiger partial charge is 0.0152 e. The van der Waals surface area contributed by atoms with Gasteiger partial charge in [0, 0.05) is 4.88 Å². The second kappa shape index (κ2) is 3.91. The molecule has 0 fully saturated rings. The maximum absolute atomic E-state index is 3.26. The third-order valence-corrected chi connectivity index (χ3v) is 2.81. The van der Waals surface area contributed by atoms with E-state index in [1.807, 2.05) is 17.4 Å². The van der Waals surface area contributed by atoms with Crippen LogP contribution in [0.3, 0.4) is 0 Å². The van der Waals surface area contributed by atoms with Gasteiger partial charge in [-0.1, -0.05) is 20.8 Å². The Hall–Kier alpha value is -0.300. The van der Waals surface area contributed by atoms with Crippen LogP contribution in [0.15, 0.2) is 11.4 Å². The van der Waals surface area contributed by atoms with Gasteiger partial charge < -0.3 is 0 Å².